The third kappa shape index (κ3) is 5.48. The summed E-state index contributed by atoms with van der Waals surface area (Å²) < 4.78 is 6.31. The Hall–Kier alpha value is -1.28. The molecule has 0 aliphatic carbocycles. The average Bonchev–Trinajstić information content (AvgIpc) is 2.75. The Morgan fingerprint density at radius 3 is 3.00 bits per heavy atom. The molecule has 0 spiro atoms. The molecule has 0 aliphatic heterocycles. The zero-order valence-corrected chi connectivity index (χ0v) is 12.2. The fourth-order valence-electron chi connectivity index (χ4n) is 1.38. The lowest BCUT2D eigenvalue weighted by Gasteiger charge is -2.04. The first kappa shape index (κ1) is 15.8. The molecule has 8 heteroatoms. The smallest absolute Gasteiger partial charge is 0.230 e. The Morgan fingerprint density at radius 2 is 2.32 bits per heavy atom. The highest BCUT2D eigenvalue weighted by molar-refractivity contribution is 7.99. The van der Waals surface area contributed by atoms with Gasteiger partial charge in [0.15, 0.2) is 5.82 Å². The number of unbranched alkanes of at least 4 members (excludes halogenated alkanes) is 1. The number of aryl methyl sites for hydroxylation is 1. The van der Waals surface area contributed by atoms with Crippen molar-refractivity contribution in [3.63, 3.8) is 0 Å². The Balaban J connectivity index is 2.36. The second-order valence-corrected chi connectivity index (χ2v) is 4.95. The molecule has 108 valence electrons. The lowest BCUT2D eigenvalue weighted by molar-refractivity contribution is -0.118. The van der Waals surface area contributed by atoms with Gasteiger partial charge in [0, 0.05) is 20.1 Å². The van der Waals surface area contributed by atoms with Gasteiger partial charge in [0.1, 0.15) is 0 Å². The van der Waals surface area contributed by atoms with Gasteiger partial charge in [0.25, 0.3) is 0 Å². The largest absolute Gasteiger partial charge is 0.383 e. The number of hydrogen-bond donors (Lipinski definition) is 2. The predicted octanol–water partition coefficient (Wildman–Crippen LogP) is 0.189. The molecule has 0 unspecified atom stereocenters. The number of nitrogens with one attached hydrogen (secondary N) is 1. The summed E-state index contributed by atoms with van der Waals surface area (Å²) in [6.45, 7) is 3.12. The van der Waals surface area contributed by atoms with Crippen LogP contribution in [-0.4, -0.2) is 46.8 Å². The van der Waals surface area contributed by atoms with Crippen LogP contribution >= 0.6 is 11.8 Å². The molecule has 0 aliphatic rings. The number of nitrogens with two attached hydrogens (primary N) is 1. The van der Waals surface area contributed by atoms with Gasteiger partial charge in [-0.2, -0.15) is 0 Å². The van der Waals surface area contributed by atoms with E-state index in [9.17, 15) is 4.79 Å². The average molecular weight is 287 g/mol. The number of rotatable bonds is 9. The van der Waals surface area contributed by atoms with Crippen LogP contribution in [-0.2, 0) is 16.0 Å². The van der Waals surface area contributed by atoms with E-state index in [1.54, 1.807) is 7.11 Å². The van der Waals surface area contributed by atoms with Gasteiger partial charge in [-0.05, 0) is 6.42 Å². The maximum Gasteiger partial charge on any atom is 0.230 e. The Labute approximate surface area is 117 Å². The molecule has 0 fully saturated rings. The van der Waals surface area contributed by atoms with Crippen LogP contribution in [0.3, 0.4) is 0 Å². The number of methoxy groups -OCH3 is 1. The van der Waals surface area contributed by atoms with Gasteiger partial charge in [-0.25, -0.2) is 4.68 Å². The van der Waals surface area contributed by atoms with Crippen LogP contribution in [0.4, 0.5) is 0 Å². The predicted molar refractivity (Wildman–Crippen MR) is 74.4 cm³/mol. The van der Waals surface area contributed by atoms with Gasteiger partial charge in [-0.15, -0.1) is 10.2 Å². The highest BCUT2D eigenvalue weighted by Gasteiger charge is 2.11. The van der Waals surface area contributed by atoms with Crippen molar-refractivity contribution in [1.29, 1.82) is 0 Å². The van der Waals surface area contributed by atoms with Crippen molar-refractivity contribution in [2.45, 2.75) is 31.3 Å². The number of nitrogens with zero attached hydrogens (tertiary/aromatic N) is 3. The molecule has 1 aromatic heterocycles. The van der Waals surface area contributed by atoms with E-state index in [1.165, 1.54) is 16.4 Å². The van der Waals surface area contributed by atoms with E-state index in [0.717, 1.165) is 25.1 Å². The molecule has 7 nitrogen and oxygen atoms in total. The van der Waals surface area contributed by atoms with Crippen molar-refractivity contribution in [2.24, 2.45) is 0 Å². The molecule has 0 saturated carbocycles. The van der Waals surface area contributed by atoms with Crippen LogP contribution in [0.25, 0.3) is 0 Å². The summed E-state index contributed by atoms with van der Waals surface area (Å²) >= 11 is 1.28. The molecule has 19 heavy (non-hydrogen) atoms. The Bertz CT molecular complexity index is 396. The minimum atomic E-state index is -0.0693. The van der Waals surface area contributed by atoms with Crippen molar-refractivity contribution in [1.82, 2.24) is 20.2 Å². The summed E-state index contributed by atoms with van der Waals surface area (Å²) in [6, 6.07) is 0. The van der Waals surface area contributed by atoms with E-state index in [0.29, 0.717) is 18.3 Å². The number of aromatic nitrogens is 3. The molecule has 0 saturated heterocycles. The molecule has 1 rings (SSSR count). The van der Waals surface area contributed by atoms with Gasteiger partial charge in [-0.1, -0.05) is 25.1 Å². The zero-order chi connectivity index (χ0) is 14.1. The Kier molecular flexibility index (Phi) is 7.27. The van der Waals surface area contributed by atoms with E-state index in [4.69, 9.17) is 10.6 Å². The van der Waals surface area contributed by atoms with Crippen molar-refractivity contribution in [3.8, 4) is 0 Å². The minimum Gasteiger partial charge on any atom is -0.383 e. The van der Waals surface area contributed by atoms with Gasteiger partial charge >= 0.3 is 0 Å². The van der Waals surface area contributed by atoms with Crippen LogP contribution in [0.5, 0.6) is 0 Å². The monoisotopic (exact) mass is 287 g/mol. The van der Waals surface area contributed by atoms with E-state index in [1.807, 2.05) is 0 Å². The third-order valence-corrected chi connectivity index (χ3v) is 3.39. The summed E-state index contributed by atoms with van der Waals surface area (Å²) in [4.78, 5) is 11.5. The summed E-state index contributed by atoms with van der Waals surface area (Å²) in [6.07, 6.45) is 2.91. The van der Waals surface area contributed by atoms with E-state index >= 15 is 0 Å². The number of amides is 1. The first-order valence-electron chi connectivity index (χ1n) is 6.26. The molecule has 0 atom stereocenters. The molecule has 0 radical (unpaired) electrons. The fourth-order valence-corrected chi connectivity index (χ4v) is 2.09. The lowest BCUT2D eigenvalue weighted by atomic mass is 10.2. The van der Waals surface area contributed by atoms with Crippen LogP contribution in [0.2, 0.25) is 0 Å². The topological polar surface area (TPSA) is 95.1 Å². The van der Waals surface area contributed by atoms with E-state index < -0.39 is 0 Å². The number of hydrogen-bond acceptors (Lipinski definition) is 6. The third-order valence-electron chi connectivity index (χ3n) is 2.45. The van der Waals surface area contributed by atoms with Crippen molar-refractivity contribution in [3.05, 3.63) is 5.82 Å². The standard InChI is InChI=1S/C11H21N5O2S/c1-3-4-5-9-14-15-11(16(9)12)19-8-10(17)13-6-7-18-2/h3-8,12H2,1-2H3,(H,13,17). The second-order valence-electron chi connectivity index (χ2n) is 4.00. The first-order chi connectivity index (χ1) is 9.19. The van der Waals surface area contributed by atoms with Crippen molar-refractivity contribution in [2.75, 3.05) is 31.9 Å². The highest BCUT2D eigenvalue weighted by atomic mass is 32.2. The van der Waals surface area contributed by atoms with Gasteiger partial charge in [0.05, 0.1) is 12.4 Å². The van der Waals surface area contributed by atoms with E-state index in [2.05, 4.69) is 22.4 Å². The van der Waals surface area contributed by atoms with Gasteiger partial charge in [-0.3, -0.25) is 4.79 Å². The lowest BCUT2D eigenvalue weighted by Crippen LogP contribution is -2.28. The van der Waals surface area contributed by atoms with Crippen LogP contribution in [0, 0.1) is 0 Å². The van der Waals surface area contributed by atoms with Crippen LogP contribution in [0.15, 0.2) is 5.16 Å². The van der Waals surface area contributed by atoms with Crippen molar-refractivity contribution >= 4 is 17.7 Å². The maximum atomic E-state index is 11.5. The number of ether oxygens (including phenoxy) is 1. The first-order valence-corrected chi connectivity index (χ1v) is 7.25. The quantitative estimate of drug-likeness (QED) is 0.382. The van der Waals surface area contributed by atoms with Gasteiger partial charge in [0.2, 0.25) is 11.1 Å². The molecule has 3 N–H and O–H groups in total. The maximum absolute atomic E-state index is 11.5. The number of nitrogen functional groups attached to an aromatic ring is 1. The molecule has 1 amide bonds. The summed E-state index contributed by atoms with van der Waals surface area (Å²) in [7, 11) is 1.59. The summed E-state index contributed by atoms with van der Waals surface area (Å²) in [5.41, 5.74) is 0. The molecule has 0 aromatic carbocycles. The summed E-state index contributed by atoms with van der Waals surface area (Å²) in [5.74, 6) is 6.83. The molecular formula is C11H21N5O2S. The van der Waals surface area contributed by atoms with Crippen LogP contribution < -0.4 is 11.2 Å². The van der Waals surface area contributed by atoms with Crippen molar-refractivity contribution < 1.29 is 9.53 Å². The normalized spacial score (nSPS) is 10.6. The number of carbonyl (C=O) groups excluding carboxylic acids is 1. The summed E-state index contributed by atoms with van der Waals surface area (Å²) in [5, 5.41) is 11.3. The fraction of sp³-hybridized carbons (Fsp3) is 0.727. The Morgan fingerprint density at radius 1 is 1.53 bits per heavy atom. The molecule has 1 aromatic rings. The zero-order valence-electron chi connectivity index (χ0n) is 11.4. The highest BCUT2D eigenvalue weighted by Crippen LogP contribution is 2.14. The minimum absolute atomic E-state index is 0.0693. The number of carbonyl (C=O) groups is 1. The van der Waals surface area contributed by atoms with E-state index in [-0.39, 0.29) is 11.7 Å². The molecule has 0 bridgehead atoms. The second kappa shape index (κ2) is 8.76. The molecular weight excluding hydrogens is 266 g/mol. The van der Waals surface area contributed by atoms with Gasteiger partial charge < -0.3 is 15.9 Å². The number of thioether (sulfide) groups is 1. The SMILES string of the molecule is CCCCc1nnc(SCC(=O)NCCOC)n1N. The van der Waals surface area contributed by atoms with Crippen LogP contribution in [0.1, 0.15) is 25.6 Å². The molecule has 1 heterocycles.